The van der Waals surface area contributed by atoms with Crippen LogP contribution in [0.2, 0.25) is 0 Å². The Bertz CT molecular complexity index is 124. The van der Waals surface area contributed by atoms with E-state index in [0.29, 0.717) is 11.8 Å². The van der Waals surface area contributed by atoms with Crippen LogP contribution in [0.3, 0.4) is 0 Å². The molecule has 0 radical (unpaired) electrons. The highest BCUT2D eigenvalue weighted by Gasteiger charge is 2.22. The summed E-state index contributed by atoms with van der Waals surface area (Å²) >= 11 is 0. The van der Waals surface area contributed by atoms with Crippen LogP contribution >= 0.6 is 0 Å². The van der Waals surface area contributed by atoms with E-state index in [0.717, 1.165) is 6.42 Å². The average molecular weight is 172 g/mol. The monoisotopic (exact) mass is 172 g/mol. The lowest BCUT2D eigenvalue weighted by Gasteiger charge is -2.29. The predicted molar refractivity (Wildman–Crippen MR) is 54.9 cm³/mol. The van der Waals surface area contributed by atoms with Crippen LogP contribution in [0.5, 0.6) is 0 Å². The van der Waals surface area contributed by atoms with Gasteiger partial charge in [-0.25, -0.2) is 0 Å². The second-order valence-corrected chi connectivity index (χ2v) is 4.99. The Hall–Kier alpha value is -0.0800. The van der Waals surface area contributed by atoms with Gasteiger partial charge in [0.25, 0.3) is 0 Å². The van der Waals surface area contributed by atoms with E-state index in [9.17, 15) is 0 Å². The summed E-state index contributed by atoms with van der Waals surface area (Å²) in [6.07, 6.45) is 0.992. The number of nitrogens with two attached hydrogens (primary N) is 2. The molecule has 0 spiro atoms. The Morgan fingerprint density at radius 2 is 1.58 bits per heavy atom. The molecular weight excluding hydrogens is 148 g/mol. The van der Waals surface area contributed by atoms with Gasteiger partial charge in [-0.05, 0) is 32.1 Å². The van der Waals surface area contributed by atoms with Gasteiger partial charge in [0.1, 0.15) is 0 Å². The third-order valence-electron chi connectivity index (χ3n) is 2.27. The molecule has 0 saturated heterocycles. The van der Waals surface area contributed by atoms with E-state index in [-0.39, 0.29) is 11.6 Å². The van der Waals surface area contributed by atoms with Crippen LogP contribution in [0.1, 0.15) is 41.0 Å². The summed E-state index contributed by atoms with van der Waals surface area (Å²) in [4.78, 5) is 0. The van der Waals surface area contributed by atoms with Crippen molar-refractivity contribution in [1.29, 1.82) is 0 Å². The summed E-state index contributed by atoms with van der Waals surface area (Å²) in [6.45, 7) is 10.6. The van der Waals surface area contributed by atoms with Crippen molar-refractivity contribution >= 4 is 0 Å². The normalized spacial score (nSPS) is 18.0. The van der Waals surface area contributed by atoms with Gasteiger partial charge in [-0.3, -0.25) is 0 Å². The molecule has 74 valence electrons. The van der Waals surface area contributed by atoms with Crippen LogP contribution < -0.4 is 11.5 Å². The van der Waals surface area contributed by atoms with Crippen molar-refractivity contribution in [2.45, 2.75) is 52.6 Å². The van der Waals surface area contributed by atoms with Gasteiger partial charge in [0, 0.05) is 11.6 Å². The summed E-state index contributed by atoms with van der Waals surface area (Å²) in [5.74, 6) is 1.05. The minimum atomic E-state index is -0.0913. The van der Waals surface area contributed by atoms with Gasteiger partial charge in [0.15, 0.2) is 0 Å². The fraction of sp³-hybridized carbons (Fsp3) is 1.00. The van der Waals surface area contributed by atoms with Crippen molar-refractivity contribution in [3.8, 4) is 0 Å². The van der Waals surface area contributed by atoms with E-state index in [1.54, 1.807) is 0 Å². The van der Waals surface area contributed by atoms with Crippen molar-refractivity contribution in [3.63, 3.8) is 0 Å². The highest BCUT2D eigenvalue weighted by molar-refractivity contribution is 4.81. The Labute approximate surface area is 76.7 Å². The molecule has 0 aromatic rings. The zero-order valence-electron chi connectivity index (χ0n) is 9.09. The van der Waals surface area contributed by atoms with Crippen LogP contribution in [0.15, 0.2) is 0 Å². The highest BCUT2D eigenvalue weighted by atomic mass is 14.7. The first-order chi connectivity index (χ1) is 5.24. The molecule has 0 amide bonds. The molecule has 0 saturated carbocycles. The molecule has 0 aromatic carbocycles. The molecule has 0 bridgehead atoms. The molecule has 2 atom stereocenters. The minimum Gasteiger partial charge on any atom is -0.327 e. The Morgan fingerprint density at radius 1 is 1.17 bits per heavy atom. The maximum absolute atomic E-state index is 6.01. The van der Waals surface area contributed by atoms with Gasteiger partial charge in [0.2, 0.25) is 0 Å². The fourth-order valence-electron chi connectivity index (χ4n) is 1.62. The fourth-order valence-corrected chi connectivity index (χ4v) is 1.62. The van der Waals surface area contributed by atoms with Gasteiger partial charge in [-0.15, -0.1) is 0 Å². The molecule has 0 aliphatic carbocycles. The molecule has 12 heavy (non-hydrogen) atoms. The molecule has 0 aliphatic heterocycles. The Morgan fingerprint density at radius 3 is 1.83 bits per heavy atom. The third-order valence-corrected chi connectivity index (χ3v) is 2.27. The van der Waals surface area contributed by atoms with Gasteiger partial charge >= 0.3 is 0 Å². The molecule has 2 unspecified atom stereocenters. The van der Waals surface area contributed by atoms with E-state index < -0.39 is 0 Å². The zero-order chi connectivity index (χ0) is 9.94. The van der Waals surface area contributed by atoms with Gasteiger partial charge in [-0.2, -0.15) is 0 Å². The number of rotatable bonds is 4. The van der Waals surface area contributed by atoms with Gasteiger partial charge in [-0.1, -0.05) is 20.8 Å². The van der Waals surface area contributed by atoms with E-state index in [2.05, 4.69) is 34.6 Å². The molecule has 2 heteroatoms. The highest BCUT2D eigenvalue weighted by Crippen LogP contribution is 2.19. The van der Waals surface area contributed by atoms with Crippen molar-refractivity contribution in [1.82, 2.24) is 0 Å². The molecule has 0 rings (SSSR count). The molecule has 4 N–H and O–H groups in total. The largest absolute Gasteiger partial charge is 0.327 e. The van der Waals surface area contributed by atoms with Crippen LogP contribution in [-0.4, -0.2) is 11.6 Å². The average Bonchev–Trinajstić information content (AvgIpc) is 1.82. The summed E-state index contributed by atoms with van der Waals surface area (Å²) in [5, 5.41) is 0. The molecule has 0 aromatic heterocycles. The Kier molecular flexibility index (Phi) is 4.21. The van der Waals surface area contributed by atoms with Crippen molar-refractivity contribution < 1.29 is 0 Å². The van der Waals surface area contributed by atoms with E-state index in [1.165, 1.54) is 0 Å². The quantitative estimate of drug-likeness (QED) is 0.678. The summed E-state index contributed by atoms with van der Waals surface area (Å²) in [5.41, 5.74) is 11.8. The van der Waals surface area contributed by atoms with Gasteiger partial charge < -0.3 is 11.5 Å². The number of hydrogen-bond acceptors (Lipinski definition) is 2. The lowest BCUT2D eigenvalue weighted by Crippen LogP contribution is -2.41. The standard InChI is InChI=1S/C10H24N2/c1-7(2)9(11)8(3)6-10(4,5)12/h7-9H,6,11-12H2,1-5H3. The van der Waals surface area contributed by atoms with E-state index >= 15 is 0 Å². The SMILES string of the molecule is CC(C)C(N)C(C)CC(C)(C)N. The first kappa shape index (κ1) is 11.9. The Balaban J connectivity index is 3.95. The molecular formula is C10H24N2. The van der Waals surface area contributed by atoms with E-state index in [1.807, 2.05) is 0 Å². The molecule has 0 aliphatic rings. The molecule has 2 nitrogen and oxygen atoms in total. The summed E-state index contributed by atoms with van der Waals surface area (Å²) in [6, 6.07) is 0.271. The second kappa shape index (κ2) is 4.24. The third kappa shape index (κ3) is 4.73. The maximum Gasteiger partial charge on any atom is 0.0100 e. The molecule has 0 heterocycles. The minimum absolute atomic E-state index is 0.0913. The summed E-state index contributed by atoms with van der Waals surface area (Å²) < 4.78 is 0. The van der Waals surface area contributed by atoms with E-state index in [4.69, 9.17) is 11.5 Å². The van der Waals surface area contributed by atoms with Crippen LogP contribution in [0.4, 0.5) is 0 Å². The van der Waals surface area contributed by atoms with Crippen molar-refractivity contribution in [2.75, 3.05) is 0 Å². The van der Waals surface area contributed by atoms with Crippen molar-refractivity contribution in [2.24, 2.45) is 23.3 Å². The van der Waals surface area contributed by atoms with Crippen molar-refractivity contribution in [3.05, 3.63) is 0 Å². The van der Waals surface area contributed by atoms with Gasteiger partial charge in [0.05, 0.1) is 0 Å². The van der Waals surface area contributed by atoms with Crippen LogP contribution in [-0.2, 0) is 0 Å². The second-order valence-electron chi connectivity index (χ2n) is 4.99. The first-order valence-electron chi connectivity index (χ1n) is 4.78. The zero-order valence-corrected chi connectivity index (χ0v) is 9.09. The lowest BCUT2D eigenvalue weighted by atomic mass is 9.84. The molecule has 0 fully saturated rings. The number of hydrogen-bond donors (Lipinski definition) is 2. The topological polar surface area (TPSA) is 52.0 Å². The summed E-state index contributed by atoms with van der Waals surface area (Å²) in [7, 11) is 0. The lowest BCUT2D eigenvalue weighted by molar-refractivity contribution is 0.291. The smallest absolute Gasteiger partial charge is 0.0100 e. The van der Waals surface area contributed by atoms with Crippen LogP contribution in [0.25, 0.3) is 0 Å². The maximum atomic E-state index is 6.01. The predicted octanol–water partition coefficient (Wildman–Crippen LogP) is 1.73. The van der Waals surface area contributed by atoms with Crippen LogP contribution in [0, 0.1) is 11.8 Å². The first-order valence-corrected chi connectivity index (χ1v) is 4.78.